The van der Waals surface area contributed by atoms with Crippen molar-refractivity contribution in [1.82, 2.24) is 0 Å². The Hall–Kier alpha value is -0.810. The zero-order valence-electron chi connectivity index (χ0n) is 19.1. The number of hydrogen-bond acceptors (Lipinski definition) is 3. The minimum Gasteiger partial charge on any atom is -0.652 e. The van der Waals surface area contributed by atoms with Gasteiger partial charge in [0.05, 0.1) is 52.4 Å². The highest BCUT2D eigenvalue weighted by molar-refractivity contribution is 5.47. The Balaban J connectivity index is -0.000000338. The fourth-order valence-electron chi connectivity index (χ4n) is 3.28. The molecule has 0 atom stereocenters. The summed E-state index contributed by atoms with van der Waals surface area (Å²) in [5.74, 6) is 0. The molecule has 0 amide bonds. The first-order valence-electron chi connectivity index (χ1n) is 10.8. The van der Waals surface area contributed by atoms with Gasteiger partial charge in [-0.25, -0.2) is 0 Å². The molecule has 0 saturated carbocycles. The highest BCUT2D eigenvalue weighted by Crippen LogP contribution is 2.08. The van der Waals surface area contributed by atoms with Crippen LogP contribution in [-0.2, 0) is 0 Å². The summed E-state index contributed by atoms with van der Waals surface area (Å²) in [5.41, 5.74) is 0. The minimum atomic E-state index is -2.33. The number of carboxylic acid groups (broad SMARTS) is 2. The minimum absolute atomic E-state index is 1.30. The molecule has 0 bridgehead atoms. The van der Waals surface area contributed by atoms with E-state index in [4.69, 9.17) is 15.0 Å². The lowest BCUT2D eigenvalue weighted by Gasteiger charge is -2.35. The highest BCUT2D eigenvalue weighted by Gasteiger charge is 2.19. The van der Waals surface area contributed by atoms with E-state index in [9.17, 15) is 0 Å². The third kappa shape index (κ3) is 15.4. The van der Waals surface area contributed by atoms with Crippen molar-refractivity contribution in [3.05, 3.63) is 0 Å². The molecule has 0 radical (unpaired) electrons. The Morgan fingerprint density at radius 2 is 0.769 bits per heavy atom. The van der Waals surface area contributed by atoms with Gasteiger partial charge >= 0.3 is 0 Å². The SMILES string of the molecule is CCCC[N+](CC)(CC)CC.CCCC[N+](CC)(CC)CC.O=C([O-])[O-]. The molecule has 0 aromatic heterocycles. The summed E-state index contributed by atoms with van der Waals surface area (Å²) >= 11 is 0. The number of nitrogens with zero attached hydrogens (tertiary/aromatic N) is 2. The number of rotatable bonds is 12. The number of unbranched alkanes of at least 4 members (excludes halogenated alkanes) is 2. The van der Waals surface area contributed by atoms with Gasteiger partial charge in [-0.3, -0.25) is 0 Å². The average Bonchev–Trinajstić information content (AvgIpc) is 2.65. The summed E-state index contributed by atoms with van der Waals surface area (Å²) in [5, 5.41) is 16.7. The Bertz CT molecular complexity index is 257. The molecule has 0 rings (SSSR count). The lowest BCUT2D eigenvalue weighted by molar-refractivity contribution is -0.923. The lowest BCUT2D eigenvalue weighted by atomic mass is 10.2. The van der Waals surface area contributed by atoms with E-state index in [1.165, 1.54) is 87.0 Å². The lowest BCUT2D eigenvalue weighted by Crippen LogP contribution is -2.48. The maximum Gasteiger partial charge on any atom is 0.0786 e. The van der Waals surface area contributed by atoms with Gasteiger partial charge in [-0.05, 0) is 60.5 Å². The van der Waals surface area contributed by atoms with Crippen LogP contribution < -0.4 is 10.2 Å². The van der Waals surface area contributed by atoms with Gasteiger partial charge < -0.3 is 24.0 Å². The Morgan fingerprint density at radius 1 is 0.577 bits per heavy atom. The molecule has 0 aliphatic heterocycles. The van der Waals surface area contributed by atoms with Gasteiger partial charge in [-0.15, -0.1) is 0 Å². The van der Waals surface area contributed by atoms with Gasteiger partial charge in [-0.2, -0.15) is 0 Å². The molecule has 0 aliphatic rings. The van der Waals surface area contributed by atoms with Gasteiger partial charge in [0.1, 0.15) is 0 Å². The molecule has 0 aliphatic carbocycles. The van der Waals surface area contributed by atoms with Crippen LogP contribution in [0.2, 0.25) is 0 Å². The molecule has 0 aromatic carbocycles. The second-order valence-electron chi connectivity index (χ2n) is 6.98. The number of quaternary nitrogens is 2. The summed E-state index contributed by atoms with van der Waals surface area (Å²) in [6, 6.07) is 0. The highest BCUT2D eigenvalue weighted by atomic mass is 16.6. The Morgan fingerprint density at radius 3 is 0.885 bits per heavy atom. The zero-order chi connectivity index (χ0) is 21.1. The number of hydrogen-bond donors (Lipinski definition) is 0. The van der Waals surface area contributed by atoms with Gasteiger partial charge in [0, 0.05) is 0 Å². The zero-order valence-corrected chi connectivity index (χ0v) is 19.1. The van der Waals surface area contributed by atoms with Crippen molar-refractivity contribution in [3.8, 4) is 0 Å². The maximum absolute atomic E-state index is 8.33. The van der Waals surface area contributed by atoms with Crippen LogP contribution in [0.5, 0.6) is 0 Å². The monoisotopic (exact) mass is 376 g/mol. The number of carbonyl (C=O) groups excluding carboxylic acids is 1. The fraction of sp³-hybridized carbons (Fsp3) is 0.952. The van der Waals surface area contributed by atoms with E-state index in [0.29, 0.717) is 0 Å². The van der Waals surface area contributed by atoms with Gasteiger partial charge in [0.25, 0.3) is 0 Å². The van der Waals surface area contributed by atoms with Crippen molar-refractivity contribution in [3.63, 3.8) is 0 Å². The van der Waals surface area contributed by atoms with Crippen molar-refractivity contribution < 1.29 is 24.0 Å². The van der Waals surface area contributed by atoms with Crippen LogP contribution in [0.15, 0.2) is 0 Å². The van der Waals surface area contributed by atoms with Crippen LogP contribution in [0.25, 0.3) is 0 Å². The van der Waals surface area contributed by atoms with Crippen molar-refractivity contribution in [2.45, 2.75) is 81.1 Å². The third-order valence-electron chi connectivity index (χ3n) is 6.00. The molecular formula is C21H48N2O3. The van der Waals surface area contributed by atoms with Gasteiger partial charge in [-0.1, -0.05) is 26.7 Å². The summed E-state index contributed by atoms with van der Waals surface area (Å²) in [4.78, 5) is 8.33. The molecule has 5 nitrogen and oxygen atoms in total. The first-order valence-corrected chi connectivity index (χ1v) is 10.8. The molecular weight excluding hydrogens is 328 g/mol. The molecule has 0 fully saturated rings. The van der Waals surface area contributed by atoms with Crippen molar-refractivity contribution in [2.75, 3.05) is 52.4 Å². The molecule has 5 heteroatoms. The van der Waals surface area contributed by atoms with Gasteiger partial charge in [0.15, 0.2) is 0 Å². The van der Waals surface area contributed by atoms with E-state index < -0.39 is 6.16 Å². The Kier molecular flexibility index (Phi) is 21.8. The van der Waals surface area contributed by atoms with E-state index in [0.717, 1.165) is 0 Å². The van der Waals surface area contributed by atoms with E-state index in [1.807, 2.05) is 0 Å². The summed E-state index contributed by atoms with van der Waals surface area (Å²) < 4.78 is 2.63. The van der Waals surface area contributed by atoms with Crippen LogP contribution in [0.3, 0.4) is 0 Å². The van der Waals surface area contributed by atoms with Crippen LogP contribution in [0, 0.1) is 0 Å². The smallest absolute Gasteiger partial charge is 0.0786 e. The normalized spacial score (nSPS) is 11.1. The van der Waals surface area contributed by atoms with Crippen LogP contribution in [0.1, 0.15) is 81.1 Å². The first-order chi connectivity index (χ1) is 12.2. The van der Waals surface area contributed by atoms with Crippen molar-refractivity contribution in [2.24, 2.45) is 0 Å². The van der Waals surface area contributed by atoms with Crippen LogP contribution in [-0.4, -0.2) is 67.5 Å². The molecule has 160 valence electrons. The quantitative estimate of drug-likeness (QED) is 0.492. The standard InChI is InChI=1S/2C10H24N.CH2O3/c2*1-5-9-10-11(6-2,7-3)8-4;2-1(3)4/h2*5-10H2,1-4H3;(H2,2,3,4)/q2*+1;/p-2. The topological polar surface area (TPSA) is 63.2 Å². The summed E-state index contributed by atoms with van der Waals surface area (Å²) in [6.45, 7) is 28.9. The van der Waals surface area contributed by atoms with Gasteiger partial charge in [0.2, 0.25) is 0 Å². The summed E-state index contributed by atoms with van der Waals surface area (Å²) in [7, 11) is 0. The van der Waals surface area contributed by atoms with Crippen molar-refractivity contribution >= 4 is 6.16 Å². The van der Waals surface area contributed by atoms with E-state index >= 15 is 0 Å². The third-order valence-corrected chi connectivity index (χ3v) is 6.00. The predicted octanol–water partition coefficient (Wildman–Crippen LogP) is 2.88. The molecule has 0 unspecified atom stereocenters. The van der Waals surface area contributed by atoms with Crippen LogP contribution in [0.4, 0.5) is 4.79 Å². The summed E-state index contributed by atoms with van der Waals surface area (Å²) in [6.07, 6.45) is 3.10. The number of carbonyl (C=O) groups is 1. The second kappa shape index (κ2) is 19.0. The molecule has 0 heterocycles. The van der Waals surface area contributed by atoms with E-state index in [-0.39, 0.29) is 0 Å². The Labute approximate surface area is 164 Å². The molecule has 0 saturated heterocycles. The maximum atomic E-state index is 8.33. The molecule has 26 heavy (non-hydrogen) atoms. The fourth-order valence-corrected chi connectivity index (χ4v) is 3.28. The van der Waals surface area contributed by atoms with E-state index in [1.54, 1.807) is 0 Å². The van der Waals surface area contributed by atoms with Crippen LogP contribution >= 0.6 is 0 Å². The average molecular weight is 377 g/mol. The largest absolute Gasteiger partial charge is 0.652 e. The second-order valence-corrected chi connectivity index (χ2v) is 6.98. The van der Waals surface area contributed by atoms with Crippen molar-refractivity contribution in [1.29, 1.82) is 0 Å². The van der Waals surface area contributed by atoms with E-state index in [2.05, 4.69) is 55.4 Å². The first kappa shape index (κ1) is 29.9. The molecule has 0 N–H and O–H groups in total. The molecule has 0 aromatic rings. The predicted molar refractivity (Wildman–Crippen MR) is 109 cm³/mol. The molecule has 0 spiro atoms.